The van der Waals surface area contributed by atoms with Crippen LogP contribution in [0.1, 0.15) is 48.5 Å². The Morgan fingerprint density at radius 1 is 1.30 bits per heavy atom. The number of hydroxylamine groups is 2. The fraction of sp³-hybridized carbons (Fsp3) is 0.429. The van der Waals surface area contributed by atoms with Crippen molar-refractivity contribution >= 4 is 18.2 Å². The molecule has 0 fully saturated rings. The van der Waals surface area contributed by atoms with Crippen LogP contribution < -0.4 is 10.6 Å². The summed E-state index contributed by atoms with van der Waals surface area (Å²) in [6.07, 6.45) is 7.18. The van der Waals surface area contributed by atoms with Crippen LogP contribution in [0.5, 0.6) is 0 Å². The molecule has 1 aromatic heterocycles. The standard InChI is InChI=1S/C21H29N5O4/c1-3-4-5-7-18(13-25(30)15-27)21(29)23-14-22-20(28)17-8-6-9-19(10-17)26-12-16(2)11-24-26/h6,8-12,15,18,30H,3-5,7,13-14H2,1-2H3,(H,22,28)(H,23,29). The van der Waals surface area contributed by atoms with Crippen LogP contribution in [0.3, 0.4) is 0 Å². The second-order valence-corrected chi connectivity index (χ2v) is 7.16. The number of hydrogen-bond donors (Lipinski definition) is 3. The lowest BCUT2D eigenvalue weighted by Crippen LogP contribution is -2.43. The number of unbranched alkanes of at least 4 members (excludes halogenated alkanes) is 2. The van der Waals surface area contributed by atoms with Crippen LogP contribution in [0.15, 0.2) is 36.7 Å². The van der Waals surface area contributed by atoms with Gasteiger partial charge in [-0.15, -0.1) is 0 Å². The second kappa shape index (κ2) is 11.7. The van der Waals surface area contributed by atoms with Gasteiger partial charge in [-0.05, 0) is 37.1 Å². The smallest absolute Gasteiger partial charge is 0.252 e. The van der Waals surface area contributed by atoms with E-state index in [1.165, 1.54) is 0 Å². The maximum atomic E-state index is 12.4. The first kappa shape index (κ1) is 23.1. The van der Waals surface area contributed by atoms with E-state index in [9.17, 15) is 19.6 Å². The van der Waals surface area contributed by atoms with Gasteiger partial charge >= 0.3 is 0 Å². The Labute approximate surface area is 176 Å². The average molecular weight is 415 g/mol. The molecule has 0 aliphatic rings. The highest BCUT2D eigenvalue weighted by molar-refractivity contribution is 5.94. The van der Waals surface area contributed by atoms with E-state index in [0.717, 1.165) is 30.5 Å². The molecule has 0 aliphatic heterocycles. The summed E-state index contributed by atoms with van der Waals surface area (Å²) in [5.41, 5.74) is 2.21. The zero-order chi connectivity index (χ0) is 21.9. The third-order valence-electron chi connectivity index (χ3n) is 4.65. The zero-order valence-corrected chi connectivity index (χ0v) is 17.4. The molecule has 2 rings (SSSR count). The lowest BCUT2D eigenvalue weighted by molar-refractivity contribution is -0.154. The van der Waals surface area contributed by atoms with Crippen LogP contribution in [0.4, 0.5) is 0 Å². The van der Waals surface area contributed by atoms with Crippen molar-refractivity contribution in [3.05, 3.63) is 47.8 Å². The van der Waals surface area contributed by atoms with Crippen molar-refractivity contribution in [1.82, 2.24) is 25.5 Å². The van der Waals surface area contributed by atoms with Gasteiger partial charge in [-0.1, -0.05) is 32.3 Å². The van der Waals surface area contributed by atoms with Gasteiger partial charge in [0.15, 0.2) is 0 Å². The van der Waals surface area contributed by atoms with Crippen molar-refractivity contribution in [2.75, 3.05) is 13.2 Å². The summed E-state index contributed by atoms with van der Waals surface area (Å²) in [5.74, 6) is -1.21. The summed E-state index contributed by atoms with van der Waals surface area (Å²) in [4.78, 5) is 35.5. The summed E-state index contributed by atoms with van der Waals surface area (Å²) < 4.78 is 1.68. The van der Waals surface area contributed by atoms with Crippen LogP contribution in [-0.2, 0) is 9.59 Å². The van der Waals surface area contributed by atoms with Gasteiger partial charge in [-0.25, -0.2) is 9.75 Å². The van der Waals surface area contributed by atoms with Gasteiger partial charge in [0.1, 0.15) is 0 Å². The van der Waals surface area contributed by atoms with Crippen LogP contribution in [0.25, 0.3) is 5.69 Å². The SMILES string of the molecule is CCCCCC(CN(O)C=O)C(=O)NCNC(=O)c1cccc(-n2cc(C)cn2)c1. The molecule has 9 heteroatoms. The van der Waals surface area contributed by atoms with Crippen LogP contribution in [0.2, 0.25) is 0 Å². The maximum absolute atomic E-state index is 12.4. The highest BCUT2D eigenvalue weighted by Crippen LogP contribution is 2.12. The zero-order valence-electron chi connectivity index (χ0n) is 17.4. The molecule has 0 saturated heterocycles. The third kappa shape index (κ3) is 7.00. The molecule has 3 amide bonds. The van der Waals surface area contributed by atoms with E-state index < -0.39 is 5.92 Å². The van der Waals surface area contributed by atoms with Crippen LogP contribution >= 0.6 is 0 Å². The van der Waals surface area contributed by atoms with Gasteiger partial charge in [0.05, 0.1) is 31.0 Å². The number of benzene rings is 1. The molecule has 30 heavy (non-hydrogen) atoms. The van der Waals surface area contributed by atoms with E-state index in [4.69, 9.17) is 0 Å². The minimum atomic E-state index is -0.546. The van der Waals surface area contributed by atoms with E-state index in [1.807, 2.05) is 19.2 Å². The number of carbonyl (C=O) groups excluding carboxylic acids is 3. The first-order valence-electron chi connectivity index (χ1n) is 10.0. The van der Waals surface area contributed by atoms with E-state index in [2.05, 4.69) is 22.7 Å². The Morgan fingerprint density at radius 3 is 2.77 bits per heavy atom. The largest absolute Gasteiger partial charge is 0.338 e. The Bertz CT molecular complexity index is 851. The van der Waals surface area contributed by atoms with E-state index in [0.29, 0.717) is 17.0 Å². The molecule has 0 aliphatic carbocycles. The number of aryl methyl sites for hydroxylation is 1. The quantitative estimate of drug-likeness (QED) is 0.161. The second-order valence-electron chi connectivity index (χ2n) is 7.16. The molecular formula is C21H29N5O4. The first-order chi connectivity index (χ1) is 14.4. The molecule has 1 unspecified atom stereocenters. The summed E-state index contributed by atoms with van der Waals surface area (Å²) in [6.45, 7) is 3.85. The Kier molecular flexibility index (Phi) is 9.02. The van der Waals surface area contributed by atoms with Gasteiger partial charge in [0.25, 0.3) is 5.91 Å². The molecule has 1 atom stereocenters. The third-order valence-corrected chi connectivity index (χ3v) is 4.65. The van der Waals surface area contributed by atoms with Crippen molar-refractivity contribution < 1.29 is 19.6 Å². The van der Waals surface area contributed by atoms with Crippen molar-refractivity contribution in [1.29, 1.82) is 0 Å². The number of nitrogens with zero attached hydrogens (tertiary/aromatic N) is 3. The molecule has 9 nitrogen and oxygen atoms in total. The van der Waals surface area contributed by atoms with Gasteiger partial charge in [-0.2, -0.15) is 5.10 Å². The molecule has 2 aromatic rings. The number of hydrogen-bond acceptors (Lipinski definition) is 5. The topological polar surface area (TPSA) is 117 Å². The van der Waals surface area contributed by atoms with E-state index in [-0.39, 0.29) is 31.4 Å². The predicted octanol–water partition coefficient (Wildman–Crippen LogP) is 2.03. The summed E-state index contributed by atoms with van der Waals surface area (Å²) >= 11 is 0. The predicted molar refractivity (Wildman–Crippen MR) is 111 cm³/mol. The lowest BCUT2D eigenvalue weighted by Gasteiger charge is -2.19. The Hall–Kier alpha value is -3.20. The normalized spacial score (nSPS) is 11.6. The molecule has 3 N–H and O–H groups in total. The molecule has 1 heterocycles. The monoisotopic (exact) mass is 415 g/mol. The first-order valence-corrected chi connectivity index (χ1v) is 10.0. The number of rotatable bonds is 12. The number of nitrogens with one attached hydrogen (secondary N) is 2. The van der Waals surface area contributed by atoms with Crippen molar-refractivity contribution in [2.24, 2.45) is 5.92 Å². The molecular weight excluding hydrogens is 386 g/mol. The molecule has 0 spiro atoms. The van der Waals surface area contributed by atoms with E-state index in [1.54, 1.807) is 29.1 Å². The van der Waals surface area contributed by atoms with Gasteiger partial charge < -0.3 is 10.6 Å². The van der Waals surface area contributed by atoms with Crippen LogP contribution in [0, 0.1) is 12.8 Å². The fourth-order valence-corrected chi connectivity index (χ4v) is 3.02. The molecule has 0 bridgehead atoms. The summed E-state index contributed by atoms with van der Waals surface area (Å²) in [7, 11) is 0. The van der Waals surface area contributed by atoms with Crippen LogP contribution in [-0.4, -0.2) is 51.5 Å². The number of aromatic nitrogens is 2. The molecule has 162 valence electrons. The summed E-state index contributed by atoms with van der Waals surface area (Å²) in [6, 6.07) is 7.00. The highest BCUT2D eigenvalue weighted by atomic mass is 16.5. The van der Waals surface area contributed by atoms with Crippen molar-refractivity contribution in [2.45, 2.75) is 39.5 Å². The Balaban J connectivity index is 1.90. The molecule has 0 radical (unpaired) electrons. The van der Waals surface area contributed by atoms with Gasteiger partial charge in [0.2, 0.25) is 12.3 Å². The van der Waals surface area contributed by atoms with Gasteiger partial charge in [0, 0.05) is 11.8 Å². The fourth-order valence-electron chi connectivity index (χ4n) is 3.02. The highest BCUT2D eigenvalue weighted by Gasteiger charge is 2.20. The Morgan fingerprint density at radius 2 is 2.10 bits per heavy atom. The van der Waals surface area contributed by atoms with Crippen molar-refractivity contribution in [3.8, 4) is 5.69 Å². The number of carbonyl (C=O) groups is 3. The minimum Gasteiger partial charge on any atom is -0.338 e. The molecule has 0 saturated carbocycles. The summed E-state index contributed by atoms with van der Waals surface area (Å²) in [5, 5.41) is 19.4. The number of amides is 3. The molecule has 1 aromatic carbocycles. The average Bonchev–Trinajstić information content (AvgIpc) is 3.19. The van der Waals surface area contributed by atoms with Gasteiger partial charge in [-0.3, -0.25) is 19.6 Å². The lowest BCUT2D eigenvalue weighted by atomic mass is 10.0. The van der Waals surface area contributed by atoms with Crippen molar-refractivity contribution in [3.63, 3.8) is 0 Å². The van der Waals surface area contributed by atoms with E-state index >= 15 is 0 Å². The maximum Gasteiger partial charge on any atom is 0.252 e. The minimum absolute atomic E-state index is 0.0560.